The minimum absolute atomic E-state index is 0.0430. The number of nitrogens with zero attached hydrogens (tertiary/aromatic N) is 2. The Morgan fingerprint density at radius 1 is 0.974 bits per heavy atom. The standard InChI is InChI=1S/C19H16N2O6.C5H4O2.C3H8.C2H6/c20-12-14(10-16-4-1-6-24-16)18(22)26-8-3-9-27-19(23)15(13-21)11-17-5-2-7-25-17;6-4-5-2-1-3-7-5;1-3-2;1-2/h1-2,4,6-7,10-11,17H,3,5,8-9H2;1-4H;3H2,1-2H3;1-2H3/b14-10+,15-11+;;;. The summed E-state index contributed by atoms with van der Waals surface area (Å²) in [7, 11) is 0. The first-order valence-corrected chi connectivity index (χ1v) is 12.4. The Kier molecular flexibility index (Phi) is 19.6. The summed E-state index contributed by atoms with van der Waals surface area (Å²) < 4.78 is 24.7. The Bertz CT molecular complexity index is 1120. The highest BCUT2D eigenvalue weighted by atomic mass is 16.5. The molecule has 208 valence electrons. The quantitative estimate of drug-likeness (QED) is 0.123. The van der Waals surface area contributed by atoms with Crippen LogP contribution in [0.1, 0.15) is 63.3 Å². The summed E-state index contributed by atoms with van der Waals surface area (Å²) in [5, 5.41) is 18.0. The highest BCUT2D eigenvalue weighted by Gasteiger charge is 2.16. The predicted molar refractivity (Wildman–Crippen MR) is 143 cm³/mol. The fourth-order valence-electron chi connectivity index (χ4n) is 2.40. The van der Waals surface area contributed by atoms with Gasteiger partial charge in [0.15, 0.2) is 12.0 Å². The summed E-state index contributed by atoms with van der Waals surface area (Å²) in [5.41, 5.74) is -0.351. The molecule has 0 amide bonds. The van der Waals surface area contributed by atoms with E-state index < -0.39 is 11.9 Å². The zero-order valence-corrected chi connectivity index (χ0v) is 22.6. The van der Waals surface area contributed by atoms with E-state index in [1.165, 1.54) is 37.4 Å². The van der Waals surface area contributed by atoms with Crippen LogP contribution in [0, 0.1) is 22.7 Å². The van der Waals surface area contributed by atoms with Gasteiger partial charge in [0, 0.05) is 18.9 Å². The maximum atomic E-state index is 11.8. The highest BCUT2D eigenvalue weighted by molar-refractivity contribution is 5.97. The molecule has 1 atom stereocenters. The van der Waals surface area contributed by atoms with Crippen molar-refractivity contribution in [3.05, 3.63) is 77.9 Å². The third-order valence-corrected chi connectivity index (χ3v) is 4.00. The van der Waals surface area contributed by atoms with Crippen LogP contribution in [-0.2, 0) is 23.8 Å². The number of rotatable bonds is 9. The molecule has 3 heterocycles. The topological polar surface area (TPSA) is 153 Å². The van der Waals surface area contributed by atoms with Gasteiger partial charge in [0.1, 0.15) is 35.1 Å². The van der Waals surface area contributed by atoms with Gasteiger partial charge >= 0.3 is 11.9 Å². The molecule has 10 heteroatoms. The molecule has 0 radical (unpaired) electrons. The van der Waals surface area contributed by atoms with E-state index in [4.69, 9.17) is 29.2 Å². The second-order valence-electron chi connectivity index (χ2n) is 7.13. The van der Waals surface area contributed by atoms with E-state index in [1.54, 1.807) is 42.5 Å². The van der Waals surface area contributed by atoms with Crippen LogP contribution < -0.4 is 0 Å². The molecular formula is C29H34N2O8. The third-order valence-electron chi connectivity index (χ3n) is 4.00. The Balaban J connectivity index is 0.00000100. The lowest BCUT2D eigenvalue weighted by atomic mass is 10.2. The number of carbonyl (C=O) groups is 3. The SMILES string of the molecule is CC.CCC.N#C/C(=C\c1ccco1)C(=O)OCCCOC(=O)/C(C#N)=C/C1CC=CO1.O=Cc1ccco1. The van der Waals surface area contributed by atoms with E-state index in [0.29, 0.717) is 24.2 Å². The van der Waals surface area contributed by atoms with Crippen LogP contribution in [-0.4, -0.2) is 37.5 Å². The molecule has 1 aliphatic rings. The van der Waals surface area contributed by atoms with Gasteiger partial charge in [0.25, 0.3) is 0 Å². The number of ether oxygens (including phenoxy) is 3. The molecule has 3 rings (SSSR count). The Morgan fingerprint density at radius 2 is 1.51 bits per heavy atom. The molecule has 0 bridgehead atoms. The molecule has 0 saturated heterocycles. The van der Waals surface area contributed by atoms with Crippen LogP contribution >= 0.6 is 0 Å². The summed E-state index contributed by atoms with van der Waals surface area (Å²) in [6, 6.07) is 10.0. The average molecular weight is 539 g/mol. The summed E-state index contributed by atoms with van der Waals surface area (Å²) in [6.07, 6.45) is 11.2. The van der Waals surface area contributed by atoms with Crippen LogP contribution in [0.25, 0.3) is 6.08 Å². The number of carbonyl (C=O) groups excluding carboxylic acids is 3. The summed E-state index contributed by atoms with van der Waals surface area (Å²) in [5.74, 6) is -0.840. The first-order valence-electron chi connectivity index (χ1n) is 12.4. The Morgan fingerprint density at radius 3 is 1.92 bits per heavy atom. The van der Waals surface area contributed by atoms with Crippen LogP contribution in [0.5, 0.6) is 0 Å². The van der Waals surface area contributed by atoms with Crippen LogP contribution in [0.2, 0.25) is 0 Å². The molecule has 0 spiro atoms. The molecule has 2 aromatic heterocycles. The molecule has 2 aromatic rings. The molecule has 39 heavy (non-hydrogen) atoms. The summed E-state index contributed by atoms with van der Waals surface area (Å²) in [6.45, 7) is 8.16. The number of nitriles is 2. The van der Waals surface area contributed by atoms with E-state index >= 15 is 0 Å². The lowest BCUT2D eigenvalue weighted by Crippen LogP contribution is -2.14. The second-order valence-corrected chi connectivity index (χ2v) is 7.13. The first-order chi connectivity index (χ1) is 19.0. The van der Waals surface area contributed by atoms with Gasteiger partial charge in [0.05, 0.1) is 32.0 Å². The van der Waals surface area contributed by atoms with Crippen molar-refractivity contribution in [3.8, 4) is 12.1 Å². The van der Waals surface area contributed by atoms with Crippen molar-refractivity contribution in [2.24, 2.45) is 0 Å². The number of aldehydes is 1. The normalized spacial score (nSPS) is 13.3. The Labute approximate surface area is 228 Å². The van der Waals surface area contributed by atoms with Gasteiger partial charge < -0.3 is 23.0 Å². The number of furan rings is 2. The molecule has 0 fully saturated rings. The minimum atomic E-state index is -0.802. The van der Waals surface area contributed by atoms with E-state index in [0.717, 1.165) is 0 Å². The monoisotopic (exact) mass is 538 g/mol. The van der Waals surface area contributed by atoms with Crippen molar-refractivity contribution < 1.29 is 37.4 Å². The van der Waals surface area contributed by atoms with Crippen LogP contribution in [0.4, 0.5) is 0 Å². The van der Waals surface area contributed by atoms with Crippen LogP contribution in [0.3, 0.4) is 0 Å². The fraction of sp³-hybridized carbons (Fsp3) is 0.345. The van der Waals surface area contributed by atoms with Gasteiger partial charge in [-0.3, -0.25) is 4.79 Å². The van der Waals surface area contributed by atoms with Crippen molar-refractivity contribution in [2.45, 2.75) is 53.1 Å². The fourth-order valence-corrected chi connectivity index (χ4v) is 2.40. The lowest BCUT2D eigenvalue weighted by Gasteiger charge is -2.07. The number of esters is 2. The van der Waals surface area contributed by atoms with Crippen molar-refractivity contribution in [2.75, 3.05) is 13.2 Å². The van der Waals surface area contributed by atoms with E-state index in [-0.39, 0.29) is 36.9 Å². The molecule has 10 nitrogen and oxygen atoms in total. The maximum Gasteiger partial charge on any atom is 0.349 e. The van der Waals surface area contributed by atoms with Crippen molar-refractivity contribution >= 4 is 24.3 Å². The van der Waals surface area contributed by atoms with Gasteiger partial charge in [-0.1, -0.05) is 34.1 Å². The summed E-state index contributed by atoms with van der Waals surface area (Å²) >= 11 is 0. The molecular weight excluding hydrogens is 504 g/mol. The molecule has 0 aromatic carbocycles. The maximum absolute atomic E-state index is 11.8. The average Bonchev–Trinajstić information content (AvgIpc) is 3.76. The summed E-state index contributed by atoms with van der Waals surface area (Å²) in [4.78, 5) is 33.4. The minimum Gasteiger partial charge on any atom is -0.494 e. The van der Waals surface area contributed by atoms with Gasteiger partial charge in [-0.25, -0.2) is 9.59 Å². The number of hydrogen-bond acceptors (Lipinski definition) is 10. The molecule has 1 unspecified atom stereocenters. The second kappa shape index (κ2) is 22.4. The third kappa shape index (κ3) is 15.1. The van der Waals surface area contributed by atoms with Gasteiger partial charge in [-0.05, 0) is 36.4 Å². The molecule has 1 aliphatic heterocycles. The van der Waals surface area contributed by atoms with Crippen molar-refractivity contribution in [3.63, 3.8) is 0 Å². The molecule has 0 N–H and O–H groups in total. The Hall–Kier alpha value is -4.83. The van der Waals surface area contributed by atoms with E-state index in [2.05, 4.69) is 18.3 Å². The smallest absolute Gasteiger partial charge is 0.349 e. The zero-order valence-electron chi connectivity index (χ0n) is 22.6. The van der Waals surface area contributed by atoms with Crippen molar-refractivity contribution in [1.29, 1.82) is 10.5 Å². The first kappa shape index (κ1) is 34.2. The highest BCUT2D eigenvalue weighted by Crippen LogP contribution is 2.13. The van der Waals surface area contributed by atoms with Crippen LogP contribution in [0.15, 0.2) is 75.2 Å². The van der Waals surface area contributed by atoms with Gasteiger partial charge in [-0.15, -0.1) is 0 Å². The zero-order chi connectivity index (χ0) is 29.3. The van der Waals surface area contributed by atoms with Gasteiger partial charge in [0.2, 0.25) is 0 Å². The van der Waals surface area contributed by atoms with E-state index in [1.807, 2.05) is 13.8 Å². The lowest BCUT2D eigenvalue weighted by molar-refractivity contribution is -0.141. The largest absolute Gasteiger partial charge is 0.494 e. The van der Waals surface area contributed by atoms with Gasteiger partial charge in [-0.2, -0.15) is 10.5 Å². The van der Waals surface area contributed by atoms with E-state index in [9.17, 15) is 14.4 Å². The molecule has 0 aliphatic carbocycles. The number of hydrogen-bond donors (Lipinski definition) is 0. The predicted octanol–water partition coefficient (Wildman–Crippen LogP) is 5.95. The molecule has 0 saturated carbocycles. The van der Waals surface area contributed by atoms with Crippen molar-refractivity contribution in [1.82, 2.24) is 0 Å².